The van der Waals surface area contributed by atoms with E-state index in [9.17, 15) is 0 Å². The molecule has 14 heavy (non-hydrogen) atoms. The van der Waals surface area contributed by atoms with Crippen molar-refractivity contribution in [3.8, 4) is 0 Å². The summed E-state index contributed by atoms with van der Waals surface area (Å²) in [5.74, 6) is 0.994. The van der Waals surface area contributed by atoms with Gasteiger partial charge in [-0.2, -0.15) is 0 Å². The normalized spacial score (nSPS) is 20.6. The average Bonchev–Trinajstić information content (AvgIpc) is 1.95. The molecule has 1 atom stereocenters. The Hall–Kier alpha value is -0.0400. The molecule has 0 aliphatic heterocycles. The summed E-state index contributed by atoms with van der Waals surface area (Å²) in [6.07, 6.45) is 6.97. The van der Waals surface area contributed by atoms with Crippen LogP contribution in [0.15, 0.2) is 0 Å². The largest absolute Gasteiger partial charge is 0.314 e. The van der Waals surface area contributed by atoms with Gasteiger partial charge in [-0.15, -0.1) is 0 Å². The number of nitrogens with one attached hydrogen (secondary N) is 1. The van der Waals surface area contributed by atoms with E-state index in [0.717, 1.165) is 5.92 Å². The van der Waals surface area contributed by atoms with Gasteiger partial charge in [-0.25, -0.2) is 0 Å². The lowest BCUT2D eigenvalue weighted by atomic mass is 9.65. The summed E-state index contributed by atoms with van der Waals surface area (Å²) in [4.78, 5) is 0. The van der Waals surface area contributed by atoms with Crippen LogP contribution in [0.2, 0.25) is 0 Å². The van der Waals surface area contributed by atoms with Crippen LogP contribution < -0.4 is 5.32 Å². The van der Waals surface area contributed by atoms with Gasteiger partial charge in [0.05, 0.1) is 0 Å². The zero-order valence-electron chi connectivity index (χ0n) is 10.4. The van der Waals surface area contributed by atoms with Crippen LogP contribution in [-0.2, 0) is 0 Å². The van der Waals surface area contributed by atoms with Gasteiger partial charge in [-0.3, -0.25) is 0 Å². The molecular weight excluding hydrogens is 170 g/mol. The summed E-state index contributed by atoms with van der Waals surface area (Å²) in [6.45, 7) is 10.6. The molecule has 1 nitrogen and oxygen atoms in total. The Labute approximate surface area is 89.7 Å². The summed E-state index contributed by atoms with van der Waals surface area (Å²) in [5.41, 5.74) is 0.554. The predicted octanol–water partition coefficient (Wildman–Crippen LogP) is 3.59. The van der Waals surface area contributed by atoms with Crippen molar-refractivity contribution < 1.29 is 0 Å². The van der Waals surface area contributed by atoms with Gasteiger partial charge in [-0.05, 0) is 50.5 Å². The van der Waals surface area contributed by atoms with Crippen LogP contribution in [-0.4, -0.2) is 12.6 Å². The first-order chi connectivity index (χ1) is 6.56. The fourth-order valence-electron chi connectivity index (χ4n) is 2.61. The van der Waals surface area contributed by atoms with Crippen molar-refractivity contribution in [3.63, 3.8) is 0 Å². The number of rotatable bonds is 6. The summed E-state index contributed by atoms with van der Waals surface area (Å²) in [5, 5.41) is 3.59. The topological polar surface area (TPSA) is 12.0 Å². The zero-order valence-corrected chi connectivity index (χ0v) is 10.4. The van der Waals surface area contributed by atoms with Gasteiger partial charge in [0.2, 0.25) is 0 Å². The molecule has 1 heteroatoms. The lowest BCUT2D eigenvalue weighted by Crippen LogP contribution is -2.37. The molecule has 0 aromatic rings. The highest BCUT2D eigenvalue weighted by molar-refractivity contribution is 4.86. The van der Waals surface area contributed by atoms with Crippen molar-refractivity contribution in [1.82, 2.24) is 5.32 Å². The second-order valence-electron chi connectivity index (χ2n) is 5.68. The molecule has 1 fully saturated rings. The number of hydrogen-bond donors (Lipinski definition) is 1. The van der Waals surface area contributed by atoms with Crippen LogP contribution in [0.1, 0.15) is 59.8 Å². The molecule has 0 heterocycles. The Kier molecular flexibility index (Phi) is 4.43. The van der Waals surface area contributed by atoms with Crippen molar-refractivity contribution in [2.45, 2.75) is 65.8 Å². The van der Waals surface area contributed by atoms with Crippen LogP contribution in [0.25, 0.3) is 0 Å². The maximum Gasteiger partial charge on any atom is 0.00439 e. The van der Waals surface area contributed by atoms with E-state index < -0.39 is 0 Å². The molecule has 1 N–H and O–H groups in total. The van der Waals surface area contributed by atoms with Gasteiger partial charge in [0, 0.05) is 6.04 Å². The Morgan fingerprint density at radius 1 is 1.36 bits per heavy atom. The van der Waals surface area contributed by atoms with Crippen LogP contribution in [0.5, 0.6) is 0 Å². The summed E-state index contributed by atoms with van der Waals surface area (Å²) >= 11 is 0. The minimum Gasteiger partial charge on any atom is -0.314 e. The average molecular weight is 197 g/mol. The molecule has 0 amide bonds. The lowest BCUT2D eigenvalue weighted by molar-refractivity contribution is 0.0998. The second kappa shape index (κ2) is 5.16. The maximum absolute atomic E-state index is 3.59. The van der Waals surface area contributed by atoms with Crippen LogP contribution >= 0.6 is 0 Å². The van der Waals surface area contributed by atoms with Crippen molar-refractivity contribution in [3.05, 3.63) is 0 Å². The van der Waals surface area contributed by atoms with E-state index in [2.05, 4.69) is 33.0 Å². The molecule has 1 rings (SSSR count). The van der Waals surface area contributed by atoms with Crippen LogP contribution in [0.3, 0.4) is 0 Å². The molecule has 0 saturated heterocycles. The minimum atomic E-state index is 0.554. The van der Waals surface area contributed by atoms with Gasteiger partial charge in [0.15, 0.2) is 0 Å². The Morgan fingerprint density at radius 3 is 2.43 bits per heavy atom. The predicted molar refractivity (Wildman–Crippen MR) is 63.5 cm³/mol. The summed E-state index contributed by atoms with van der Waals surface area (Å²) in [6, 6.07) is 0.686. The highest BCUT2D eigenvalue weighted by Crippen LogP contribution is 2.44. The van der Waals surface area contributed by atoms with Gasteiger partial charge in [0.25, 0.3) is 0 Å². The molecule has 1 aliphatic carbocycles. The molecule has 0 aromatic heterocycles. The molecule has 1 saturated carbocycles. The Morgan fingerprint density at radius 2 is 2.00 bits per heavy atom. The maximum atomic E-state index is 3.59. The molecule has 1 aliphatic rings. The fourth-order valence-corrected chi connectivity index (χ4v) is 2.61. The first kappa shape index (κ1) is 12.0. The van der Waals surface area contributed by atoms with E-state index in [0.29, 0.717) is 11.5 Å². The first-order valence-corrected chi connectivity index (χ1v) is 6.29. The number of hydrogen-bond acceptors (Lipinski definition) is 1. The third-order valence-corrected chi connectivity index (χ3v) is 3.79. The summed E-state index contributed by atoms with van der Waals surface area (Å²) in [7, 11) is 0. The molecular formula is C13H27N. The van der Waals surface area contributed by atoms with E-state index >= 15 is 0 Å². The monoisotopic (exact) mass is 197 g/mol. The first-order valence-electron chi connectivity index (χ1n) is 6.29. The molecule has 0 radical (unpaired) electrons. The van der Waals surface area contributed by atoms with Crippen molar-refractivity contribution >= 4 is 0 Å². The minimum absolute atomic E-state index is 0.554. The Balaban J connectivity index is 2.25. The molecule has 1 unspecified atom stereocenters. The Bertz CT molecular complexity index is 159. The molecule has 0 bridgehead atoms. The lowest BCUT2D eigenvalue weighted by Gasteiger charge is -2.42. The third-order valence-electron chi connectivity index (χ3n) is 3.79. The molecule has 0 spiro atoms. The zero-order chi connectivity index (χ0) is 10.6. The smallest absolute Gasteiger partial charge is 0.00439 e. The van der Waals surface area contributed by atoms with Gasteiger partial charge >= 0.3 is 0 Å². The third kappa shape index (κ3) is 3.27. The standard InChI is InChI=1S/C13H27N/c1-5-9-14-11(2)10-13(3,4)12-7-6-8-12/h11-12,14H,5-10H2,1-4H3. The highest BCUT2D eigenvalue weighted by atomic mass is 14.9. The van der Waals surface area contributed by atoms with Gasteiger partial charge < -0.3 is 5.32 Å². The highest BCUT2D eigenvalue weighted by Gasteiger charge is 2.34. The molecule has 84 valence electrons. The SMILES string of the molecule is CCCNC(C)CC(C)(C)C1CCC1. The van der Waals surface area contributed by atoms with Crippen molar-refractivity contribution in [1.29, 1.82) is 0 Å². The van der Waals surface area contributed by atoms with E-state index in [-0.39, 0.29) is 0 Å². The van der Waals surface area contributed by atoms with Crippen molar-refractivity contribution in [2.75, 3.05) is 6.54 Å². The summed E-state index contributed by atoms with van der Waals surface area (Å²) < 4.78 is 0. The van der Waals surface area contributed by atoms with E-state index in [1.165, 1.54) is 38.6 Å². The van der Waals surface area contributed by atoms with Gasteiger partial charge in [0.1, 0.15) is 0 Å². The molecule has 0 aromatic carbocycles. The van der Waals surface area contributed by atoms with E-state index in [1.807, 2.05) is 0 Å². The fraction of sp³-hybridized carbons (Fsp3) is 1.00. The van der Waals surface area contributed by atoms with Crippen molar-refractivity contribution in [2.24, 2.45) is 11.3 Å². The second-order valence-corrected chi connectivity index (χ2v) is 5.68. The van der Waals surface area contributed by atoms with Crippen LogP contribution in [0.4, 0.5) is 0 Å². The van der Waals surface area contributed by atoms with Gasteiger partial charge in [-0.1, -0.05) is 27.2 Å². The quantitative estimate of drug-likeness (QED) is 0.686. The van der Waals surface area contributed by atoms with Crippen LogP contribution in [0, 0.1) is 11.3 Å². The van der Waals surface area contributed by atoms with E-state index in [1.54, 1.807) is 0 Å². The van der Waals surface area contributed by atoms with E-state index in [4.69, 9.17) is 0 Å².